The Labute approximate surface area is 215 Å². The monoisotopic (exact) mass is 546 g/mol. The third-order valence-corrected chi connectivity index (χ3v) is 8.01. The van der Waals surface area contributed by atoms with Crippen molar-refractivity contribution in [2.45, 2.75) is 50.8 Å². The molecule has 14 nitrogen and oxygen atoms in total. The number of sulfonamides is 1. The van der Waals surface area contributed by atoms with Gasteiger partial charge < -0.3 is 27.4 Å². The van der Waals surface area contributed by atoms with Crippen LogP contribution in [0.25, 0.3) is 0 Å². The van der Waals surface area contributed by atoms with Gasteiger partial charge in [0.05, 0.1) is 5.25 Å². The maximum absolute atomic E-state index is 12.7. The number of nitrogens with zero attached hydrogens (tertiary/aromatic N) is 3. The van der Waals surface area contributed by atoms with Crippen molar-refractivity contribution in [2.24, 2.45) is 11.7 Å². The van der Waals surface area contributed by atoms with Gasteiger partial charge in [-0.3, -0.25) is 20.3 Å². The number of halogens is 1. The fourth-order valence-electron chi connectivity index (χ4n) is 3.74. The summed E-state index contributed by atoms with van der Waals surface area (Å²) in [7, 11) is -3.65. The Hall–Kier alpha value is -2.75. The minimum Gasteiger partial charge on any atom is -0.382 e. The van der Waals surface area contributed by atoms with Gasteiger partial charge >= 0.3 is 0 Å². The summed E-state index contributed by atoms with van der Waals surface area (Å²) in [5.74, 6) is -2.15. The number of unbranched alkanes of at least 4 members (excludes halogenated alkanes) is 1. The van der Waals surface area contributed by atoms with Crippen LogP contribution in [0, 0.1) is 11.3 Å². The highest BCUT2D eigenvalue weighted by molar-refractivity contribution is 7.90. The number of carbonyl (C=O) groups excluding carboxylic acids is 2. The SMILES string of the molecule is CC(C)[C@H](NS(=O)(=O)C1CCN(CCCCNC(=N)NC(=O)c2nc(Cl)c(N)nc2N)CC1)C(N)=O. The normalized spacial score (nSPS) is 16.0. The van der Waals surface area contributed by atoms with Crippen molar-refractivity contribution in [3.8, 4) is 0 Å². The number of hydrogen-bond donors (Lipinski definition) is 7. The van der Waals surface area contributed by atoms with E-state index in [2.05, 4.69) is 30.2 Å². The van der Waals surface area contributed by atoms with Gasteiger partial charge in [-0.2, -0.15) is 0 Å². The number of guanidine groups is 1. The minimum atomic E-state index is -3.65. The first-order valence-electron chi connectivity index (χ1n) is 11.6. The van der Waals surface area contributed by atoms with Crippen LogP contribution in [0.4, 0.5) is 11.6 Å². The summed E-state index contributed by atoms with van der Waals surface area (Å²) < 4.78 is 27.8. The summed E-state index contributed by atoms with van der Waals surface area (Å²) in [6.07, 6.45) is 2.47. The first-order chi connectivity index (χ1) is 16.8. The first-order valence-corrected chi connectivity index (χ1v) is 13.5. The minimum absolute atomic E-state index is 0.0933. The van der Waals surface area contributed by atoms with Crippen LogP contribution in [-0.2, 0) is 14.8 Å². The van der Waals surface area contributed by atoms with Crippen molar-refractivity contribution in [3.63, 3.8) is 0 Å². The smallest absolute Gasteiger partial charge is 0.280 e. The molecular formula is C20H35ClN10O4S. The van der Waals surface area contributed by atoms with Crippen LogP contribution in [-0.4, -0.2) is 78.5 Å². The molecule has 16 heteroatoms. The van der Waals surface area contributed by atoms with Crippen molar-refractivity contribution in [1.82, 2.24) is 30.2 Å². The van der Waals surface area contributed by atoms with Crippen molar-refractivity contribution in [1.29, 1.82) is 5.41 Å². The number of nitrogens with two attached hydrogens (primary N) is 3. The van der Waals surface area contributed by atoms with Gasteiger partial charge in [0.15, 0.2) is 28.4 Å². The molecule has 0 aliphatic carbocycles. The second-order valence-corrected chi connectivity index (χ2v) is 11.3. The number of piperidine rings is 1. The van der Waals surface area contributed by atoms with Crippen molar-refractivity contribution >= 4 is 51.0 Å². The van der Waals surface area contributed by atoms with Crippen LogP contribution in [0.3, 0.4) is 0 Å². The molecule has 1 aliphatic rings. The van der Waals surface area contributed by atoms with Crippen molar-refractivity contribution in [2.75, 3.05) is 37.6 Å². The molecule has 1 saturated heterocycles. The zero-order valence-corrected chi connectivity index (χ0v) is 22.0. The highest BCUT2D eigenvalue weighted by atomic mass is 35.5. The van der Waals surface area contributed by atoms with E-state index >= 15 is 0 Å². The molecule has 36 heavy (non-hydrogen) atoms. The van der Waals surface area contributed by atoms with Gasteiger partial charge in [-0.15, -0.1) is 0 Å². The van der Waals surface area contributed by atoms with Crippen LogP contribution in [0.15, 0.2) is 0 Å². The quantitative estimate of drug-likeness (QED) is 0.104. The summed E-state index contributed by atoms with van der Waals surface area (Å²) in [5.41, 5.74) is 16.2. The van der Waals surface area contributed by atoms with Gasteiger partial charge in [0.1, 0.15) is 6.04 Å². The van der Waals surface area contributed by atoms with Gasteiger partial charge in [-0.25, -0.2) is 23.1 Å². The van der Waals surface area contributed by atoms with E-state index in [0.717, 1.165) is 19.4 Å². The zero-order valence-electron chi connectivity index (χ0n) is 20.4. The van der Waals surface area contributed by atoms with Crippen LogP contribution < -0.4 is 32.6 Å². The number of amides is 2. The van der Waals surface area contributed by atoms with Crippen LogP contribution in [0.2, 0.25) is 5.15 Å². The van der Waals surface area contributed by atoms with E-state index < -0.39 is 33.1 Å². The number of hydrogen-bond acceptors (Lipinski definition) is 10. The molecule has 0 spiro atoms. The molecule has 2 amide bonds. The predicted molar refractivity (Wildman–Crippen MR) is 138 cm³/mol. The topological polar surface area (TPSA) is 235 Å². The van der Waals surface area contributed by atoms with Gasteiger partial charge in [0.25, 0.3) is 5.91 Å². The Morgan fingerprint density at radius 1 is 1.17 bits per heavy atom. The lowest BCUT2D eigenvalue weighted by Crippen LogP contribution is -2.52. The Morgan fingerprint density at radius 3 is 2.39 bits per heavy atom. The molecule has 1 fully saturated rings. The number of likely N-dealkylation sites (tertiary alicyclic amines) is 1. The Balaban J connectivity index is 1.67. The lowest BCUT2D eigenvalue weighted by atomic mass is 10.1. The second-order valence-electron chi connectivity index (χ2n) is 8.92. The number of nitrogen functional groups attached to an aromatic ring is 2. The molecule has 2 rings (SSSR count). The average molecular weight is 547 g/mol. The second kappa shape index (κ2) is 13.0. The molecule has 0 radical (unpaired) electrons. The van der Waals surface area contributed by atoms with Gasteiger partial charge in [-0.05, 0) is 51.2 Å². The first kappa shape index (κ1) is 29.5. The van der Waals surface area contributed by atoms with E-state index in [4.69, 9.17) is 34.2 Å². The summed E-state index contributed by atoms with van der Waals surface area (Å²) in [4.78, 5) is 33.4. The highest BCUT2D eigenvalue weighted by Crippen LogP contribution is 2.19. The van der Waals surface area contributed by atoms with Gasteiger partial charge in [0, 0.05) is 6.54 Å². The van der Waals surface area contributed by atoms with E-state index in [1.807, 2.05) is 0 Å². The Morgan fingerprint density at radius 2 is 1.81 bits per heavy atom. The molecule has 202 valence electrons. The third kappa shape index (κ3) is 8.43. The highest BCUT2D eigenvalue weighted by Gasteiger charge is 2.33. The molecule has 1 aromatic rings. The molecule has 0 unspecified atom stereocenters. The molecule has 0 saturated carbocycles. The summed E-state index contributed by atoms with van der Waals surface area (Å²) in [6, 6.07) is -0.918. The zero-order chi connectivity index (χ0) is 27.0. The van der Waals surface area contributed by atoms with E-state index in [0.29, 0.717) is 32.5 Å². The molecular weight excluding hydrogens is 512 g/mol. The van der Waals surface area contributed by atoms with E-state index in [-0.39, 0.29) is 34.4 Å². The van der Waals surface area contributed by atoms with Crippen LogP contribution in [0.5, 0.6) is 0 Å². The van der Waals surface area contributed by atoms with E-state index in [9.17, 15) is 18.0 Å². The molecule has 0 bridgehead atoms. The van der Waals surface area contributed by atoms with E-state index in [1.54, 1.807) is 13.8 Å². The summed E-state index contributed by atoms with van der Waals surface area (Å²) in [6.45, 7) is 5.95. The average Bonchev–Trinajstić information content (AvgIpc) is 2.79. The number of aromatic nitrogens is 2. The molecule has 10 N–H and O–H groups in total. The molecule has 1 aromatic heterocycles. The lowest BCUT2D eigenvalue weighted by molar-refractivity contribution is -0.120. The van der Waals surface area contributed by atoms with Crippen LogP contribution >= 0.6 is 11.6 Å². The van der Waals surface area contributed by atoms with Gasteiger partial charge in [0.2, 0.25) is 15.9 Å². The largest absolute Gasteiger partial charge is 0.382 e. The fraction of sp³-hybridized carbons (Fsp3) is 0.650. The summed E-state index contributed by atoms with van der Waals surface area (Å²) in [5, 5.41) is 12.3. The van der Waals surface area contributed by atoms with Gasteiger partial charge in [-0.1, -0.05) is 25.4 Å². The maximum atomic E-state index is 12.7. The predicted octanol–water partition coefficient (Wildman–Crippen LogP) is -0.778. The number of primary amides is 1. The standard InChI is InChI=1S/C20H35ClN10O4S/c1-11(2)13(18(24)32)30-36(34,35)12-5-9-31(10-6-12)8-4-3-7-26-20(25)29-19(33)14-16(22)28-17(23)15(21)27-14/h11-13,30H,3-10H2,1-2H3,(H2,24,32)(H4,22,23,28)(H3,25,26,29,33)/t13-/m0/s1. The molecule has 1 atom stereocenters. The molecule has 2 heterocycles. The van der Waals surface area contributed by atoms with Crippen molar-refractivity contribution < 1.29 is 18.0 Å². The fourth-order valence-corrected chi connectivity index (χ4v) is 5.63. The number of anilines is 2. The third-order valence-electron chi connectivity index (χ3n) is 5.80. The number of carbonyl (C=O) groups is 2. The van der Waals surface area contributed by atoms with Crippen molar-refractivity contribution in [3.05, 3.63) is 10.8 Å². The van der Waals surface area contributed by atoms with Crippen LogP contribution in [0.1, 0.15) is 50.0 Å². The molecule has 1 aliphatic heterocycles. The number of nitrogens with one attached hydrogen (secondary N) is 4. The summed E-state index contributed by atoms with van der Waals surface area (Å²) >= 11 is 5.76. The van der Waals surface area contributed by atoms with E-state index in [1.165, 1.54) is 0 Å². The maximum Gasteiger partial charge on any atom is 0.280 e. The Bertz CT molecular complexity index is 1060. The molecule has 0 aromatic carbocycles. The Kier molecular flexibility index (Phi) is 10.6. The number of rotatable bonds is 11. The lowest BCUT2D eigenvalue weighted by Gasteiger charge is -2.32.